The van der Waals surface area contributed by atoms with Gasteiger partial charge in [-0.05, 0) is 41.9 Å². The molecule has 94 valence electrons. The molecule has 0 spiro atoms. The van der Waals surface area contributed by atoms with Crippen LogP contribution in [0.2, 0.25) is 0 Å². The topological polar surface area (TPSA) is 44.8 Å². The number of methoxy groups -OCH3 is 1. The highest BCUT2D eigenvalue weighted by Gasteiger charge is 2.17. The molecule has 1 rings (SSSR count). The van der Waals surface area contributed by atoms with Gasteiger partial charge in [-0.3, -0.25) is 0 Å². The van der Waals surface area contributed by atoms with E-state index in [0.717, 1.165) is 4.47 Å². The zero-order valence-electron chi connectivity index (χ0n) is 10.0. The Kier molecular flexibility index (Phi) is 5.28. The summed E-state index contributed by atoms with van der Waals surface area (Å²) in [6.45, 7) is 3.74. The van der Waals surface area contributed by atoms with Gasteiger partial charge in [0.2, 0.25) is 0 Å². The summed E-state index contributed by atoms with van der Waals surface area (Å²) in [5.74, 6) is 0.825. The summed E-state index contributed by atoms with van der Waals surface area (Å²) in [5, 5.41) is 0. The van der Waals surface area contributed by atoms with Gasteiger partial charge in [-0.15, -0.1) is 0 Å². The van der Waals surface area contributed by atoms with Crippen LogP contribution >= 0.6 is 15.9 Å². The lowest BCUT2D eigenvalue weighted by Crippen LogP contribution is -2.26. The minimum absolute atomic E-state index is 0.339. The minimum Gasteiger partial charge on any atom is -0.497 e. The second-order valence-corrected chi connectivity index (χ2v) is 4.16. The summed E-state index contributed by atoms with van der Waals surface area (Å²) in [4.78, 5) is 11.4. The van der Waals surface area contributed by atoms with Crippen molar-refractivity contribution >= 4 is 21.9 Å². The maximum absolute atomic E-state index is 11.4. The van der Waals surface area contributed by atoms with E-state index >= 15 is 0 Å². The SMILES string of the molecule is CCOC(=O)C(C)Oc1cc(OC)ccc1Br. The van der Waals surface area contributed by atoms with Crippen molar-refractivity contribution in [1.82, 2.24) is 0 Å². The summed E-state index contributed by atoms with van der Waals surface area (Å²) >= 11 is 3.34. The van der Waals surface area contributed by atoms with Crippen LogP contribution in [0.25, 0.3) is 0 Å². The second kappa shape index (κ2) is 6.49. The molecule has 4 nitrogen and oxygen atoms in total. The van der Waals surface area contributed by atoms with Crippen LogP contribution < -0.4 is 9.47 Å². The number of ether oxygens (including phenoxy) is 3. The molecule has 1 unspecified atom stereocenters. The van der Waals surface area contributed by atoms with Crippen molar-refractivity contribution in [3.05, 3.63) is 22.7 Å². The Morgan fingerprint density at radius 3 is 2.76 bits per heavy atom. The lowest BCUT2D eigenvalue weighted by Gasteiger charge is -2.15. The predicted octanol–water partition coefficient (Wildman–Crippen LogP) is 2.79. The fraction of sp³-hybridized carbons (Fsp3) is 0.417. The van der Waals surface area contributed by atoms with E-state index in [1.807, 2.05) is 0 Å². The maximum atomic E-state index is 11.4. The van der Waals surface area contributed by atoms with Gasteiger partial charge in [-0.1, -0.05) is 0 Å². The summed E-state index contributed by atoms with van der Waals surface area (Å²) < 4.78 is 16.2. The van der Waals surface area contributed by atoms with Crippen molar-refractivity contribution in [2.24, 2.45) is 0 Å². The van der Waals surface area contributed by atoms with Crippen LogP contribution in [-0.4, -0.2) is 25.8 Å². The average Bonchev–Trinajstić information content (AvgIpc) is 2.32. The lowest BCUT2D eigenvalue weighted by atomic mass is 10.3. The minimum atomic E-state index is -0.654. The van der Waals surface area contributed by atoms with Crippen LogP contribution in [0.5, 0.6) is 11.5 Å². The number of halogens is 1. The monoisotopic (exact) mass is 302 g/mol. The number of esters is 1. The molecule has 0 bridgehead atoms. The van der Waals surface area contributed by atoms with Gasteiger partial charge in [0, 0.05) is 6.07 Å². The van der Waals surface area contributed by atoms with Crippen molar-refractivity contribution in [1.29, 1.82) is 0 Å². The van der Waals surface area contributed by atoms with Gasteiger partial charge < -0.3 is 14.2 Å². The Hall–Kier alpha value is -1.23. The molecule has 5 heteroatoms. The van der Waals surface area contributed by atoms with E-state index < -0.39 is 6.10 Å². The third kappa shape index (κ3) is 3.93. The molecule has 0 fully saturated rings. The molecule has 0 N–H and O–H groups in total. The molecule has 0 radical (unpaired) electrons. The molecule has 0 aromatic heterocycles. The van der Waals surface area contributed by atoms with Crippen molar-refractivity contribution in [2.45, 2.75) is 20.0 Å². The van der Waals surface area contributed by atoms with E-state index in [4.69, 9.17) is 14.2 Å². The normalized spacial score (nSPS) is 11.8. The summed E-state index contributed by atoms with van der Waals surface area (Å²) in [6, 6.07) is 5.30. The fourth-order valence-electron chi connectivity index (χ4n) is 1.20. The van der Waals surface area contributed by atoms with Crippen LogP contribution in [0, 0.1) is 0 Å². The number of benzene rings is 1. The van der Waals surface area contributed by atoms with Crippen molar-refractivity contribution in [3.63, 3.8) is 0 Å². The number of carbonyl (C=O) groups excluding carboxylic acids is 1. The Morgan fingerprint density at radius 2 is 2.18 bits per heavy atom. The predicted molar refractivity (Wildman–Crippen MR) is 67.4 cm³/mol. The van der Waals surface area contributed by atoms with Crippen molar-refractivity contribution in [3.8, 4) is 11.5 Å². The molecule has 1 aromatic carbocycles. The number of hydrogen-bond acceptors (Lipinski definition) is 4. The second-order valence-electron chi connectivity index (χ2n) is 3.31. The third-order valence-corrected chi connectivity index (χ3v) is 2.72. The summed E-state index contributed by atoms with van der Waals surface area (Å²) in [7, 11) is 1.57. The fourth-order valence-corrected chi connectivity index (χ4v) is 1.54. The van der Waals surface area contributed by atoms with E-state index in [9.17, 15) is 4.79 Å². The zero-order chi connectivity index (χ0) is 12.8. The first-order valence-electron chi connectivity index (χ1n) is 5.25. The number of rotatable bonds is 5. The Balaban J connectivity index is 2.76. The molecule has 17 heavy (non-hydrogen) atoms. The van der Waals surface area contributed by atoms with Gasteiger partial charge in [0.05, 0.1) is 18.2 Å². The van der Waals surface area contributed by atoms with Gasteiger partial charge in [0.15, 0.2) is 6.10 Å². The van der Waals surface area contributed by atoms with Gasteiger partial charge in [-0.25, -0.2) is 4.79 Å². The molecule has 0 aliphatic rings. The van der Waals surface area contributed by atoms with Crippen LogP contribution in [0.3, 0.4) is 0 Å². The molecule has 0 saturated heterocycles. The van der Waals surface area contributed by atoms with Crippen molar-refractivity contribution in [2.75, 3.05) is 13.7 Å². The molecule has 0 aliphatic heterocycles. The Labute approximate surface area is 109 Å². The molecule has 0 aliphatic carbocycles. The molecular formula is C12H15BrO4. The smallest absolute Gasteiger partial charge is 0.347 e. The van der Waals surface area contributed by atoms with E-state index in [2.05, 4.69) is 15.9 Å². The van der Waals surface area contributed by atoms with E-state index in [1.54, 1.807) is 39.2 Å². The average molecular weight is 303 g/mol. The Bertz CT molecular complexity index is 392. The number of hydrogen-bond donors (Lipinski definition) is 0. The van der Waals surface area contributed by atoms with Gasteiger partial charge in [0.1, 0.15) is 11.5 Å². The third-order valence-electron chi connectivity index (χ3n) is 2.06. The molecule has 1 aromatic rings. The molecule has 0 saturated carbocycles. The highest BCUT2D eigenvalue weighted by molar-refractivity contribution is 9.10. The molecular weight excluding hydrogens is 288 g/mol. The number of carbonyl (C=O) groups is 1. The quantitative estimate of drug-likeness (QED) is 0.785. The van der Waals surface area contributed by atoms with E-state index in [1.165, 1.54) is 0 Å². The first-order valence-corrected chi connectivity index (χ1v) is 6.04. The largest absolute Gasteiger partial charge is 0.497 e. The molecule has 1 atom stereocenters. The van der Waals surface area contributed by atoms with E-state index in [0.29, 0.717) is 18.1 Å². The maximum Gasteiger partial charge on any atom is 0.347 e. The van der Waals surface area contributed by atoms with Crippen LogP contribution in [0.15, 0.2) is 22.7 Å². The summed E-state index contributed by atoms with van der Waals surface area (Å²) in [6.07, 6.45) is -0.654. The van der Waals surface area contributed by atoms with Gasteiger partial charge in [-0.2, -0.15) is 0 Å². The van der Waals surface area contributed by atoms with Crippen LogP contribution in [-0.2, 0) is 9.53 Å². The zero-order valence-corrected chi connectivity index (χ0v) is 11.6. The van der Waals surface area contributed by atoms with Crippen LogP contribution in [0.4, 0.5) is 0 Å². The molecule has 0 amide bonds. The highest BCUT2D eigenvalue weighted by atomic mass is 79.9. The van der Waals surface area contributed by atoms with Gasteiger partial charge >= 0.3 is 5.97 Å². The van der Waals surface area contributed by atoms with Crippen LogP contribution in [0.1, 0.15) is 13.8 Å². The van der Waals surface area contributed by atoms with Gasteiger partial charge in [0.25, 0.3) is 0 Å². The van der Waals surface area contributed by atoms with E-state index in [-0.39, 0.29) is 5.97 Å². The lowest BCUT2D eigenvalue weighted by molar-refractivity contribution is -0.150. The first-order chi connectivity index (χ1) is 8.08. The van der Waals surface area contributed by atoms with Crippen molar-refractivity contribution < 1.29 is 19.0 Å². The highest BCUT2D eigenvalue weighted by Crippen LogP contribution is 2.30. The Morgan fingerprint density at radius 1 is 1.47 bits per heavy atom. The summed E-state index contributed by atoms with van der Waals surface area (Å²) in [5.41, 5.74) is 0. The first kappa shape index (κ1) is 13.8. The molecule has 0 heterocycles. The standard InChI is InChI=1S/C12H15BrO4/c1-4-16-12(14)8(2)17-11-7-9(15-3)5-6-10(11)13/h5-8H,4H2,1-3H3.